The quantitative estimate of drug-likeness (QED) is 0.856. The molecule has 1 N–H and O–H groups in total. The summed E-state index contributed by atoms with van der Waals surface area (Å²) >= 11 is 5.88. The fourth-order valence-electron chi connectivity index (χ4n) is 1.37. The molecule has 92 valence electrons. The van der Waals surface area contributed by atoms with Crippen LogP contribution in [-0.2, 0) is 0 Å². The third-order valence-electron chi connectivity index (χ3n) is 2.21. The van der Waals surface area contributed by atoms with Crippen LogP contribution in [0, 0.1) is 0 Å². The second kappa shape index (κ2) is 5.46. The van der Waals surface area contributed by atoms with E-state index < -0.39 is 0 Å². The fourth-order valence-corrected chi connectivity index (χ4v) is 1.55. The molecule has 0 radical (unpaired) electrons. The molecule has 0 aliphatic carbocycles. The molecule has 6 heteroatoms. The Balaban J connectivity index is 2.20. The SMILES string of the molecule is C=CCNC(=O)c1cn(-c2cccc(Cl)c2)nn1. The number of nitrogens with one attached hydrogen (secondary N) is 1. The summed E-state index contributed by atoms with van der Waals surface area (Å²) in [4.78, 5) is 11.6. The molecule has 2 aromatic rings. The molecule has 1 aromatic heterocycles. The Hall–Kier alpha value is -2.14. The molecule has 0 spiro atoms. The molecule has 1 amide bonds. The standard InChI is InChI=1S/C12H11ClN4O/c1-2-6-14-12(18)11-8-17(16-15-11)10-5-3-4-9(13)7-10/h2-5,7-8H,1,6H2,(H,14,18). The van der Waals surface area contributed by atoms with Gasteiger partial charge in [0.05, 0.1) is 11.9 Å². The molecular weight excluding hydrogens is 252 g/mol. The highest BCUT2D eigenvalue weighted by Crippen LogP contribution is 2.13. The maximum Gasteiger partial charge on any atom is 0.273 e. The maximum atomic E-state index is 11.6. The van der Waals surface area contributed by atoms with E-state index in [1.54, 1.807) is 30.5 Å². The first-order valence-corrected chi connectivity index (χ1v) is 5.66. The first-order valence-electron chi connectivity index (χ1n) is 5.28. The third kappa shape index (κ3) is 2.75. The van der Waals surface area contributed by atoms with Crippen LogP contribution in [0.2, 0.25) is 5.02 Å². The lowest BCUT2D eigenvalue weighted by atomic mass is 10.3. The topological polar surface area (TPSA) is 59.8 Å². The van der Waals surface area contributed by atoms with Crippen LogP contribution in [0.5, 0.6) is 0 Å². The van der Waals surface area contributed by atoms with Crippen molar-refractivity contribution in [3.63, 3.8) is 0 Å². The number of aromatic nitrogens is 3. The number of rotatable bonds is 4. The van der Waals surface area contributed by atoms with Crippen molar-refractivity contribution in [3.05, 3.63) is 53.8 Å². The number of halogens is 1. The van der Waals surface area contributed by atoms with Gasteiger partial charge in [0, 0.05) is 11.6 Å². The van der Waals surface area contributed by atoms with E-state index >= 15 is 0 Å². The van der Waals surface area contributed by atoms with Gasteiger partial charge in [-0.15, -0.1) is 11.7 Å². The highest BCUT2D eigenvalue weighted by Gasteiger charge is 2.10. The van der Waals surface area contributed by atoms with Crippen molar-refractivity contribution < 1.29 is 4.79 Å². The lowest BCUT2D eigenvalue weighted by Crippen LogP contribution is -2.23. The van der Waals surface area contributed by atoms with Gasteiger partial charge < -0.3 is 5.32 Å². The minimum Gasteiger partial charge on any atom is -0.347 e. The molecule has 5 nitrogen and oxygen atoms in total. The Morgan fingerprint density at radius 1 is 1.56 bits per heavy atom. The van der Waals surface area contributed by atoms with E-state index in [9.17, 15) is 4.79 Å². The summed E-state index contributed by atoms with van der Waals surface area (Å²) in [6, 6.07) is 7.13. The van der Waals surface area contributed by atoms with Crippen LogP contribution in [0.1, 0.15) is 10.5 Å². The average Bonchev–Trinajstić information content (AvgIpc) is 2.85. The molecule has 0 aliphatic rings. The number of nitrogens with zero attached hydrogens (tertiary/aromatic N) is 3. The Bertz CT molecular complexity index is 579. The Kier molecular flexibility index (Phi) is 3.74. The number of carbonyl (C=O) groups excluding carboxylic acids is 1. The Morgan fingerprint density at radius 2 is 2.39 bits per heavy atom. The zero-order valence-electron chi connectivity index (χ0n) is 9.51. The van der Waals surface area contributed by atoms with Crippen LogP contribution in [0.4, 0.5) is 0 Å². The van der Waals surface area contributed by atoms with Crippen molar-refractivity contribution in [2.24, 2.45) is 0 Å². The van der Waals surface area contributed by atoms with Gasteiger partial charge in [-0.3, -0.25) is 4.79 Å². The zero-order valence-corrected chi connectivity index (χ0v) is 10.3. The van der Waals surface area contributed by atoms with Gasteiger partial charge in [-0.25, -0.2) is 4.68 Å². The van der Waals surface area contributed by atoms with Gasteiger partial charge in [-0.1, -0.05) is 29.0 Å². The van der Waals surface area contributed by atoms with Gasteiger partial charge in [0.2, 0.25) is 0 Å². The van der Waals surface area contributed by atoms with Crippen molar-refractivity contribution in [1.29, 1.82) is 0 Å². The minimum absolute atomic E-state index is 0.247. The first kappa shape index (κ1) is 12.3. The van der Waals surface area contributed by atoms with E-state index in [4.69, 9.17) is 11.6 Å². The predicted octanol–water partition coefficient (Wildman–Crippen LogP) is 1.84. The van der Waals surface area contributed by atoms with Crippen molar-refractivity contribution in [2.75, 3.05) is 6.54 Å². The Labute approximate surface area is 109 Å². The number of hydrogen-bond donors (Lipinski definition) is 1. The smallest absolute Gasteiger partial charge is 0.273 e. The second-order valence-corrected chi connectivity index (χ2v) is 3.96. The van der Waals surface area contributed by atoms with Crippen molar-refractivity contribution >= 4 is 17.5 Å². The molecule has 0 fully saturated rings. The minimum atomic E-state index is -0.289. The van der Waals surface area contributed by atoms with Crippen LogP contribution < -0.4 is 5.32 Å². The number of benzene rings is 1. The van der Waals surface area contributed by atoms with E-state index in [1.165, 1.54) is 4.68 Å². The second-order valence-electron chi connectivity index (χ2n) is 3.53. The Morgan fingerprint density at radius 3 is 3.11 bits per heavy atom. The molecule has 1 heterocycles. The van der Waals surface area contributed by atoms with Crippen LogP contribution in [0.15, 0.2) is 43.1 Å². The van der Waals surface area contributed by atoms with Crippen LogP contribution in [0.25, 0.3) is 5.69 Å². The van der Waals surface area contributed by atoms with E-state index in [0.29, 0.717) is 11.6 Å². The summed E-state index contributed by atoms with van der Waals surface area (Å²) in [7, 11) is 0. The van der Waals surface area contributed by atoms with E-state index in [-0.39, 0.29) is 11.6 Å². The lowest BCUT2D eigenvalue weighted by Gasteiger charge is -1.99. The molecule has 18 heavy (non-hydrogen) atoms. The monoisotopic (exact) mass is 262 g/mol. The highest BCUT2D eigenvalue weighted by molar-refractivity contribution is 6.30. The maximum absolute atomic E-state index is 11.6. The molecule has 0 aliphatic heterocycles. The molecule has 1 aromatic carbocycles. The largest absolute Gasteiger partial charge is 0.347 e. The first-order chi connectivity index (χ1) is 8.70. The van der Waals surface area contributed by atoms with Crippen molar-refractivity contribution in [2.45, 2.75) is 0 Å². The van der Waals surface area contributed by atoms with Crippen molar-refractivity contribution in [1.82, 2.24) is 20.3 Å². The summed E-state index contributed by atoms with van der Waals surface area (Å²) in [6.45, 7) is 3.91. The van der Waals surface area contributed by atoms with E-state index in [2.05, 4.69) is 22.2 Å². The van der Waals surface area contributed by atoms with Crippen molar-refractivity contribution in [3.8, 4) is 5.69 Å². The summed E-state index contributed by atoms with van der Waals surface area (Å²) in [5, 5.41) is 10.9. The lowest BCUT2D eigenvalue weighted by molar-refractivity contribution is 0.0953. The molecular formula is C12H11ClN4O. The number of carbonyl (C=O) groups is 1. The summed E-state index contributed by atoms with van der Waals surface area (Å²) in [5.74, 6) is -0.289. The van der Waals surface area contributed by atoms with Gasteiger partial charge in [0.15, 0.2) is 5.69 Å². The van der Waals surface area contributed by atoms with Crippen LogP contribution in [0.3, 0.4) is 0 Å². The third-order valence-corrected chi connectivity index (χ3v) is 2.44. The average molecular weight is 263 g/mol. The van der Waals surface area contributed by atoms with Gasteiger partial charge in [-0.2, -0.15) is 0 Å². The fraction of sp³-hybridized carbons (Fsp3) is 0.0833. The van der Waals surface area contributed by atoms with Gasteiger partial charge in [-0.05, 0) is 18.2 Å². The van der Waals surface area contributed by atoms with Gasteiger partial charge in [0.1, 0.15) is 0 Å². The molecule has 0 saturated heterocycles. The molecule has 0 bridgehead atoms. The van der Waals surface area contributed by atoms with E-state index in [0.717, 1.165) is 5.69 Å². The van der Waals surface area contributed by atoms with Gasteiger partial charge >= 0.3 is 0 Å². The molecule has 2 rings (SSSR count). The molecule has 0 unspecified atom stereocenters. The number of amides is 1. The summed E-state index contributed by atoms with van der Waals surface area (Å²) in [5.41, 5.74) is 0.995. The summed E-state index contributed by atoms with van der Waals surface area (Å²) < 4.78 is 1.49. The van der Waals surface area contributed by atoms with Crippen LogP contribution >= 0.6 is 11.6 Å². The summed E-state index contributed by atoms with van der Waals surface area (Å²) in [6.07, 6.45) is 3.14. The molecule has 0 atom stereocenters. The normalized spacial score (nSPS) is 10.1. The van der Waals surface area contributed by atoms with Crippen LogP contribution in [-0.4, -0.2) is 27.4 Å². The predicted molar refractivity (Wildman–Crippen MR) is 68.9 cm³/mol. The zero-order chi connectivity index (χ0) is 13.0. The van der Waals surface area contributed by atoms with E-state index in [1.807, 2.05) is 6.07 Å². The highest BCUT2D eigenvalue weighted by atomic mass is 35.5. The van der Waals surface area contributed by atoms with Gasteiger partial charge in [0.25, 0.3) is 5.91 Å². The molecule has 0 saturated carbocycles. The number of hydrogen-bond acceptors (Lipinski definition) is 3.